The third kappa shape index (κ3) is 8.63. The Bertz CT molecular complexity index is 1350. The van der Waals surface area contributed by atoms with E-state index in [-0.39, 0.29) is 4.59 Å². The predicted octanol–water partition coefficient (Wildman–Crippen LogP) is 3.57. The van der Waals surface area contributed by atoms with Gasteiger partial charge in [0.15, 0.2) is 0 Å². The average molecular weight is 625 g/mol. The molecule has 40 heavy (non-hydrogen) atoms. The van der Waals surface area contributed by atoms with Gasteiger partial charge in [-0.1, -0.05) is 6.58 Å². The summed E-state index contributed by atoms with van der Waals surface area (Å²) < 4.78 is 56.7. The van der Waals surface area contributed by atoms with Crippen LogP contribution < -0.4 is 26.5 Å². The van der Waals surface area contributed by atoms with Gasteiger partial charge in [-0.15, -0.1) is 0 Å². The summed E-state index contributed by atoms with van der Waals surface area (Å²) in [6.07, 6.45) is 4.70. The first kappa shape index (κ1) is 31.3. The molecule has 2 unspecified atom stereocenters. The van der Waals surface area contributed by atoms with Crippen LogP contribution in [0.2, 0.25) is 0 Å². The molecule has 2 aromatic heterocycles. The number of likely N-dealkylation sites (tertiary alicyclic amines) is 1. The Morgan fingerprint density at radius 3 is 2.70 bits per heavy atom. The van der Waals surface area contributed by atoms with Crippen LogP contribution in [-0.4, -0.2) is 73.2 Å². The third-order valence-corrected chi connectivity index (χ3v) is 8.05. The van der Waals surface area contributed by atoms with Crippen molar-refractivity contribution < 1.29 is 17.6 Å². The normalized spacial score (nSPS) is 17.3. The van der Waals surface area contributed by atoms with Crippen LogP contribution in [0.5, 0.6) is 0 Å². The van der Waals surface area contributed by atoms with Gasteiger partial charge in [-0.05, 0) is 0 Å². The van der Waals surface area contributed by atoms with Gasteiger partial charge in [0, 0.05) is 6.20 Å². The summed E-state index contributed by atoms with van der Waals surface area (Å²) in [5.74, 6) is 10.9. The number of nitrogens with zero attached hydrogens (tertiary/aromatic N) is 3. The summed E-state index contributed by atoms with van der Waals surface area (Å²) in [6, 6.07) is 7.31. The average Bonchev–Trinajstić information content (AvgIpc) is 3.25. The fourth-order valence-corrected chi connectivity index (χ4v) is 5.79. The van der Waals surface area contributed by atoms with Gasteiger partial charge in [-0.25, -0.2) is 0 Å². The van der Waals surface area contributed by atoms with E-state index in [1.807, 2.05) is 31.0 Å². The predicted molar refractivity (Wildman–Crippen MR) is 155 cm³/mol. The molecule has 216 valence electrons. The second kappa shape index (κ2) is 14.4. The third-order valence-electron chi connectivity index (χ3n) is 6.29. The van der Waals surface area contributed by atoms with E-state index in [0.717, 1.165) is 29.8 Å². The zero-order valence-corrected chi connectivity index (χ0v) is 24.5. The van der Waals surface area contributed by atoms with E-state index in [4.69, 9.17) is 0 Å². The summed E-state index contributed by atoms with van der Waals surface area (Å²) in [5.41, 5.74) is 6.21. The summed E-state index contributed by atoms with van der Waals surface area (Å²) in [6.45, 7) is 8.64. The minimum absolute atomic E-state index is 0.105. The molecule has 3 heterocycles. The van der Waals surface area contributed by atoms with E-state index >= 15 is 0 Å². The van der Waals surface area contributed by atoms with Crippen LogP contribution in [0, 0.1) is 18.8 Å². The summed E-state index contributed by atoms with van der Waals surface area (Å²) in [4.78, 5) is 6.24. The van der Waals surface area contributed by atoms with Crippen LogP contribution in [0.1, 0.15) is 30.0 Å². The van der Waals surface area contributed by atoms with Gasteiger partial charge in [-0.2, -0.15) is 0 Å². The minimum atomic E-state index is -4.34. The van der Waals surface area contributed by atoms with Crippen LogP contribution in [0.4, 0.5) is 29.1 Å². The molecular formula is C28H35F4N7Se. The fourth-order valence-electron chi connectivity index (χ4n) is 4.33. The first-order chi connectivity index (χ1) is 19.1. The molecule has 1 aliphatic heterocycles. The van der Waals surface area contributed by atoms with E-state index in [0.29, 0.717) is 36.4 Å². The van der Waals surface area contributed by atoms with E-state index in [2.05, 4.69) is 58.3 Å². The Kier molecular flexibility index (Phi) is 11.3. The zero-order valence-electron chi connectivity index (χ0n) is 22.8. The molecule has 5 N–H and O–H groups in total. The SMILES string of the molecule is C=CNN.CCc1ccc(C)cc1NCC#Cc1cc2c(NC3CCN(C)CC3F)nccn2c1[Se]C(F)(F)F. The van der Waals surface area contributed by atoms with Gasteiger partial charge >= 0.3 is 215 Å². The Labute approximate surface area is 238 Å². The van der Waals surface area contributed by atoms with Crippen molar-refractivity contribution in [1.82, 2.24) is 19.7 Å². The van der Waals surface area contributed by atoms with Crippen LogP contribution in [0.3, 0.4) is 0 Å². The van der Waals surface area contributed by atoms with Crippen molar-refractivity contribution in [3.05, 3.63) is 66.1 Å². The van der Waals surface area contributed by atoms with E-state index in [1.54, 1.807) is 6.07 Å². The number of hydrogen-bond donors (Lipinski definition) is 4. The molecule has 1 aliphatic rings. The van der Waals surface area contributed by atoms with E-state index < -0.39 is 32.2 Å². The van der Waals surface area contributed by atoms with Crippen molar-refractivity contribution in [1.29, 1.82) is 0 Å². The van der Waals surface area contributed by atoms with Crippen LogP contribution in [-0.2, 0) is 6.42 Å². The number of nitrogens with two attached hydrogens (primary N) is 1. The first-order valence-electron chi connectivity index (χ1n) is 12.8. The molecule has 1 saturated heterocycles. The molecule has 2 atom stereocenters. The molecular weight excluding hydrogens is 589 g/mol. The molecule has 0 radical (unpaired) electrons. The molecule has 3 aromatic rings. The molecule has 1 fully saturated rings. The number of alkyl halides is 4. The second-order valence-electron chi connectivity index (χ2n) is 9.30. The number of fused-ring (bicyclic) bond motifs is 1. The molecule has 12 heteroatoms. The number of hydrogen-bond acceptors (Lipinski definition) is 6. The number of aromatic nitrogens is 2. The Hall–Kier alpha value is -3.23. The molecule has 1 aromatic carbocycles. The number of piperidine rings is 1. The number of halogens is 4. The number of hydrazine groups is 1. The van der Waals surface area contributed by atoms with Crippen molar-refractivity contribution in [2.24, 2.45) is 5.84 Å². The van der Waals surface area contributed by atoms with Crippen molar-refractivity contribution in [2.75, 3.05) is 37.3 Å². The van der Waals surface area contributed by atoms with E-state index in [1.165, 1.54) is 23.0 Å². The van der Waals surface area contributed by atoms with Crippen LogP contribution >= 0.6 is 0 Å². The monoisotopic (exact) mass is 625 g/mol. The van der Waals surface area contributed by atoms with Crippen LogP contribution in [0.25, 0.3) is 5.52 Å². The molecule has 0 amide bonds. The van der Waals surface area contributed by atoms with Gasteiger partial charge in [0.1, 0.15) is 0 Å². The number of rotatable bonds is 7. The van der Waals surface area contributed by atoms with Crippen LogP contribution in [0.15, 0.2) is 49.4 Å². The van der Waals surface area contributed by atoms with Gasteiger partial charge < -0.3 is 5.43 Å². The van der Waals surface area contributed by atoms with E-state index in [9.17, 15) is 17.6 Å². The standard InChI is InChI=1S/C26H29F4N5Se.C2H6N2/c1-4-18-8-7-17(2)14-22(18)31-10-5-6-19-15-23-24(33-21-9-12-34(3)16-20(21)27)32-11-13-35(23)25(19)36-26(28,29)30;1-2-4-3/h7-8,11,13-15,20-21,31H,4,9-10,12,16H2,1-3H3,(H,32,33);2,4H,1,3H2. The Balaban J connectivity index is 0.00000103. The molecule has 4 rings (SSSR count). The maximum atomic E-state index is 14.6. The fraction of sp³-hybridized carbons (Fsp3) is 0.393. The number of aryl methyl sites for hydroxylation is 2. The molecule has 0 spiro atoms. The topological polar surface area (TPSA) is 82.6 Å². The summed E-state index contributed by atoms with van der Waals surface area (Å²) in [7, 11) is 1.86. The molecule has 0 saturated carbocycles. The van der Waals surface area contributed by atoms with Gasteiger partial charge in [0.2, 0.25) is 0 Å². The molecule has 0 aliphatic carbocycles. The Morgan fingerprint density at radius 2 is 2.05 bits per heavy atom. The summed E-state index contributed by atoms with van der Waals surface area (Å²) >= 11 is -1.81. The van der Waals surface area contributed by atoms with Crippen molar-refractivity contribution >= 4 is 36.6 Å². The second-order valence-corrected chi connectivity index (χ2v) is 11.5. The van der Waals surface area contributed by atoms with Crippen molar-refractivity contribution in [2.45, 2.75) is 44.0 Å². The van der Waals surface area contributed by atoms with Crippen molar-refractivity contribution in [3.8, 4) is 11.8 Å². The molecule has 7 nitrogen and oxygen atoms in total. The first-order valence-corrected chi connectivity index (χ1v) is 14.5. The van der Waals surface area contributed by atoms with Gasteiger partial charge in [0.05, 0.1) is 0 Å². The van der Waals surface area contributed by atoms with Gasteiger partial charge in [0.25, 0.3) is 0 Å². The number of anilines is 2. The number of nitrogens with one attached hydrogen (secondary N) is 3. The quantitative estimate of drug-likeness (QED) is 0.106. The van der Waals surface area contributed by atoms with Gasteiger partial charge in [-0.3, -0.25) is 5.84 Å². The summed E-state index contributed by atoms with van der Waals surface area (Å²) in [5, 5.41) is 2.07. The maximum absolute atomic E-state index is 14.6. The number of benzene rings is 1. The van der Waals surface area contributed by atoms with Crippen molar-refractivity contribution in [3.63, 3.8) is 0 Å². The molecule has 0 bridgehead atoms. The zero-order chi connectivity index (χ0) is 29.3. The Morgan fingerprint density at radius 1 is 1.30 bits per heavy atom.